The second kappa shape index (κ2) is 5.44. The van der Waals surface area contributed by atoms with E-state index >= 15 is 0 Å². The number of benzene rings is 1. The summed E-state index contributed by atoms with van der Waals surface area (Å²) in [5, 5.41) is 0. The fraction of sp³-hybridized carbons (Fsp3) is 0.438. The number of nitrogens with zero attached hydrogens (tertiary/aromatic N) is 3. The van der Waals surface area contributed by atoms with Gasteiger partial charge >= 0.3 is 0 Å². The Morgan fingerprint density at radius 2 is 2.05 bits per heavy atom. The highest BCUT2D eigenvalue weighted by Gasteiger charge is 2.31. The van der Waals surface area contributed by atoms with E-state index in [1.807, 2.05) is 12.1 Å². The van der Waals surface area contributed by atoms with Crippen LogP contribution in [-0.4, -0.2) is 54.7 Å². The summed E-state index contributed by atoms with van der Waals surface area (Å²) in [6.07, 6.45) is 1.42. The van der Waals surface area contributed by atoms with Crippen molar-refractivity contribution in [2.75, 3.05) is 32.1 Å². The lowest BCUT2D eigenvalue weighted by Gasteiger charge is -2.18. The van der Waals surface area contributed by atoms with Gasteiger partial charge in [0.05, 0.1) is 0 Å². The molecule has 1 aromatic rings. The second-order valence-electron chi connectivity index (χ2n) is 5.94. The summed E-state index contributed by atoms with van der Waals surface area (Å²) in [6.45, 7) is 1.23. The third-order valence-corrected chi connectivity index (χ3v) is 4.18. The van der Waals surface area contributed by atoms with Crippen molar-refractivity contribution in [1.82, 2.24) is 9.80 Å². The van der Waals surface area contributed by atoms with Gasteiger partial charge in [-0.05, 0) is 24.1 Å². The van der Waals surface area contributed by atoms with Gasteiger partial charge in [0.25, 0.3) is 5.91 Å². The zero-order chi connectivity index (χ0) is 15.9. The lowest BCUT2D eigenvalue weighted by atomic mass is 10.1. The number of fused-ring (bicyclic) bond motifs is 1. The van der Waals surface area contributed by atoms with E-state index in [1.165, 1.54) is 4.90 Å². The van der Waals surface area contributed by atoms with Crippen molar-refractivity contribution < 1.29 is 14.4 Å². The van der Waals surface area contributed by atoms with Crippen molar-refractivity contribution in [3.8, 4) is 0 Å². The molecule has 0 N–H and O–H groups in total. The number of likely N-dealkylation sites (N-methyl/N-ethyl adjacent to an activating group) is 1. The summed E-state index contributed by atoms with van der Waals surface area (Å²) in [5.41, 5.74) is 2.28. The van der Waals surface area contributed by atoms with Crippen molar-refractivity contribution in [1.29, 1.82) is 0 Å². The molecule has 116 valence electrons. The van der Waals surface area contributed by atoms with Gasteiger partial charge in [0, 0.05) is 44.9 Å². The van der Waals surface area contributed by atoms with Crippen LogP contribution in [-0.2, 0) is 16.1 Å². The first-order chi connectivity index (χ1) is 10.5. The van der Waals surface area contributed by atoms with E-state index in [2.05, 4.69) is 0 Å². The molecule has 0 atom stereocenters. The van der Waals surface area contributed by atoms with Gasteiger partial charge in [-0.3, -0.25) is 14.4 Å². The molecule has 0 saturated carbocycles. The van der Waals surface area contributed by atoms with Crippen LogP contribution in [0, 0.1) is 0 Å². The van der Waals surface area contributed by atoms with E-state index in [9.17, 15) is 14.4 Å². The van der Waals surface area contributed by atoms with Crippen LogP contribution in [0.3, 0.4) is 0 Å². The van der Waals surface area contributed by atoms with Crippen LogP contribution in [0.25, 0.3) is 0 Å². The molecule has 2 aliphatic rings. The maximum atomic E-state index is 12.5. The minimum Gasteiger partial charge on any atom is -0.347 e. The molecule has 0 unspecified atom stereocenters. The molecule has 6 heteroatoms. The SMILES string of the molecule is CN(C)C(=O)CN1Cc2ccc(N3CCCC3=O)cc2C1=O. The van der Waals surface area contributed by atoms with Gasteiger partial charge < -0.3 is 14.7 Å². The molecular formula is C16H19N3O3. The number of carbonyl (C=O) groups excluding carboxylic acids is 3. The highest BCUT2D eigenvalue weighted by molar-refractivity contribution is 6.02. The number of rotatable bonds is 3. The third-order valence-electron chi connectivity index (χ3n) is 4.18. The summed E-state index contributed by atoms with van der Waals surface area (Å²) in [6, 6.07) is 5.54. The van der Waals surface area contributed by atoms with E-state index in [0.717, 1.165) is 17.7 Å². The fourth-order valence-electron chi connectivity index (χ4n) is 2.87. The van der Waals surface area contributed by atoms with Gasteiger partial charge in [0.2, 0.25) is 11.8 Å². The van der Waals surface area contributed by atoms with Gasteiger partial charge in [-0.15, -0.1) is 0 Å². The monoisotopic (exact) mass is 301 g/mol. The first-order valence-electron chi connectivity index (χ1n) is 7.40. The summed E-state index contributed by atoms with van der Waals surface area (Å²) < 4.78 is 0. The van der Waals surface area contributed by atoms with E-state index < -0.39 is 0 Å². The molecule has 1 fully saturated rings. The molecule has 0 aromatic heterocycles. The summed E-state index contributed by atoms with van der Waals surface area (Å²) >= 11 is 0. The fourth-order valence-corrected chi connectivity index (χ4v) is 2.87. The number of anilines is 1. The first-order valence-corrected chi connectivity index (χ1v) is 7.40. The van der Waals surface area contributed by atoms with Crippen molar-refractivity contribution in [2.24, 2.45) is 0 Å². The molecule has 0 bridgehead atoms. The Labute approximate surface area is 129 Å². The lowest BCUT2D eigenvalue weighted by molar-refractivity contribution is -0.129. The van der Waals surface area contributed by atoms with E-state index in [1.54, 1.807) is 30.0 Å². The molecule has 3 rings (SSSR count). The molecular weight excluding hydrogens is 282 g/mol. The Morgan fingerprint density at radius 1 is 1.27 bits per heavy atom. The Bertz CT molecular complexity index is 654. The summed E-state index contributed by atoms with van der Waals surface area (Å²) in [7, 11) is 3.35. The predicted molar refractivity (Wildman–Crippen MR) is 81.5 cm³/mol. The average molecular weight is 301 g/mol. The Kier molecular flexibility index (Phi) is 3.60. The Hall–Kier alpha value is -2.37. The first kappa shape index (κ1) is 14.6. The van der Waals surface area contributed by atoms with Crippen molar-refractivity contribution in [3.05, 3.63) is 29.3 Å². The van der Waals surface area contributed by atoms with E-state index in [-0.39, 0.29) is 24.3 Å². The van der Waals surface area contributed by atoms with Crippen LogP contribution in [0.15, 0.2) is 18.2 Å². The number of hydrogen-bond donors (Lipinski definition) is 0. The minimum absolute atomic E-state index is 0.0818. The van der Waals surface area contributed by atoms with Crippen LogP contribution in [0.2, 0.25) is 0 Å². The molecule has 2 aliphatic heterocycles. The molecule has 2 heterocycles. The normalized spacial score (nSPS) is 17.2. The average Bonchev–Trinajstić information content (AvgIpc) is 3.03. The lowest BCUT2D eigenvalue weighted by Crippen LogP contribution is -2.36. The molecule has 0 spiro atoms. The summed E-state index contributed by atoms with van der Waals surface area (Å²) in [5.74, 6) is -0.139. The third kappa shape index (κ3) is 2.45. The highest BCUT2D eigenvalue weighted by Crippen LogP contribution is 2.29. The van der Waals surface area contributed by atoms with Crippen LogP contribution in [0.1, 0.15) is 28.8 Å². The van der Waals surface area contributed by atoms with Crippen molar-refractivity contribution in [2.45, 2.75) is 19.4 Å². The van der Waals surface area contributed by atoms with E-state index in [0.29, 0.717) is 25.1 Å². The van der Waals surface area contributed by atoms with Gasteiger partial charge in [-0.2, -0.15) is 0 Å². The molecule has 0 aliphatic carbocycles. The van der Waals surface area contributed by atoms with Crippen LogP contribution in [0.5, 0.6) is 0 Å². The maximum absolute atomic E-state index is 12.5. The Balaban J connectivity index is 1.81. The predicted octanol–water partition coefficient (Wildman–Crippen LogP) is 0.857. The van der Waals surface area contributed by atoms with Gasteiger partial charge in [-0.25, -0.2) is 0 Å². The van der Waals surface area contributed by atoms with Crippen LogP contribution in [0.4, 0.5) is 5.69 Å². The zero-order valence-corrected chi connectivity index (χ0v) is 12.8. The molecule has 1 saturated heterocycles. The van der Waals surface area contributed by atoms with E-state index in [4.69, 9.17) is 0 Å². The molecule has 0 radical (unpaired) electrons. The molecule has 22 heavy (non-hydrogen) atoms. The van der Waals surface area contributed by atoms with Crippen molar-refractivity contribution >= 4 is 23.4 Å². The maximum Gasteiger partial charge on any atom is 0.255 e. The van der Waals surface area contributed by atoms with Gasteiger partial charge in [0.1, 0.15) is 6.54 Å². The second-order valence-corrected chi connectivity index (χ2v) is 5.94. The highest BCUT2D eigenvalue weighted by atomic mass is 16.2. The summed E-state index contributed by atoms with van der Waals surface area (Å²) in [4.78, 5) is 40.8. The van der Waals surface area contributed by atoms with Crippen LogP contribution < -0.4 is 4.90 Å². The zero-order valence-electron chi connectivity index (χ0n) is 12.8. The van der Waals surface area contributed by atoms with Gasteiger partial charge in [0.15, 0.2) is 0 Å². The number of carbonyl (C=O) groups is 3. The molecule has 3 amide bonds. The minimum atomic E-state index is -0.140. The topological polar surface area (TPSA) is 60.9 Å². The van der Waals surface area contributed by atoms with Gasteiger partial charge in [-0.1, -0.05) is 6.07 Å². The number of amides is 3. The smallest absolute Gasteiger partial charge is 0.255 e. The largest absolute Gasteiger partial charge is 0.347 e. The molecule has 1 aromatic carbocycles. The van der Waals surface area contributed by atoms with Crippen LogP contribution >= 0.6 is 0 Å². The Morgan fingerprint density at radius 3 is 2.68 bits per heavy atom. The number of hydrogen-bond acceptors (Lipinski definition) is 3. The standard InChI is InChI=1S/C16H19N3O3/c1-17(2)15(21)10-18-9-11-5-6-12(8-13(11)16(18)22)19-7-3-4-14(19)20/h5-6,8H,3-4,7,9-10H2,1-2H3. The van der Waals surface area contributed by atoms with Crippen molar-refractivity contribution in [3.63, 3.8) is 0 Å². The quantitative estimate of drug-likeness (QED) is 0.832. The molecule has 6 nitrogen and oxygen atoms in total.